The van der Waals surface area contributed by atoms with Gasteiger partial charge in [-0.2, -0.15) is 10.5 Å². The lowest BCUT2D eigenvalue weighted by Gasteiger charge is -1.91. The maximum atomic E-state index is 11.0. The van der Waals surface area contributed by atoms with E-state index in [1.807, 2.05) is 0 Å². The highest BCUT2D eigenvalue weighted by molar-refractivity contribution is 6.51. The van der Waals surface area contributed by atoms with Crippen molar-refractivity contribution < 1.29 is 9.59 Å². The zero-order chi connectivity index (χ0) is 12.0. The number of nitriles is 2. The van der Waals surface area contributed by atoms with E-state index in [1.54, 1.807) is 36.4 Å². The van der Waals surface area contributed by atoms with Gasteiger partial charge in [-0.05, 0) is 12.1 Å². The topological polar surface area (TPSA) is 93.8 Å². The van der Waals surface area contributed by atoms with Gasteiger partial charge in [0.25, 0.3) is 11.7 Å². The molecule has 1 aliphatic rings. The highest BCUT2D eigenvalue weighted by Crippen LogP contribution is 2.21. The number of carbonyl (C=O) groups excluding carboxylic acids is 2. The Morgan fingerprint density at radius 2 is 1.75 bits per heavy atom. The maximum absolute atomic E-state index is 11.0. The first-order chi connectivity index (χ1) is 7.70. The fraction of sp³-hybridized carbons (Fsp3) is 0.0909. The normalized spacial score (nSPS) is 11.4. The number of carbonyl (C=O) groups is 2. The first kappa shape index (κ1) is 11.4. The van der Waals surface area contributed by atoms with Gasteiger partial charge >= 0.3 is 0 Å². The molecule has 0 aliphatic carbocycles. The van der Waals surface area contributed by atoms with Crippen molar-refractivity contribution >= 4 is 17.4 Å². The average Bonchev–Trinajstić information content (AvgIpc) is 2.58. The largest absolute Gasteiger partial charge is 0.318 e. The van der Waals surface area contributed by atoms with E-state index in [4.69, 9.17) is 10.5 Å². The Morgan fingerprint density at radius 1 is 1.12 bits per heavy atom. The minimum absolute atomic E-state index is 0. The number of fused-ring (bicyclic) bond motifs is 1. The molecule has 2 rings (SSSR count). The van der Waals surface area contributed by atoms with Gasteiger partial charge in [-0.25, -0.2) is 0 Å². The van der Waals surface area contributed by atoms with Crippen molar-refractivity contribution in [3.63, 3.8) is 0 Å². The first-order valence-corrected chi connectivity index (χ1v) is 4.39. The lowest BCUT2D eigenvalue weighted by molar-refractivity contribution is -0.112. The Morgan fingerprint density at radius 3 is 2.25 bits per heavy atom. The highest BCUT2D eigenvalue weighted by atomic mass is 16.2. The van der Waals surface area contributed by atoms with Crippen LogP contribution in [0, 0.1) is 22.7 Å². The molecule has 0 unspecified atom stereocenters. The fourth-order valence-corrected chi connectivity index (χ4v) is 1.13. The molecular weight excluding hydrogens is 206 g/mol. The summed E-state index contributed by atoms with van der Waals surface area (Å²) in [7, 11) is 0. The summed E-state index contributed by atoms with van der Waals surface area (Å²) in [5, 5.41) is 17.6. The van der Waals surface area contributed by atoms with Crippen molar-refractivity contribution in [2.24, 2.45) is 0 Å². The van der Waals surface area contributed by atoms with Crippen LogP contribution >= 0.6 is 0 Å². The Balaban J connectivity index is 0.000000221. The molecule has 1 heterocycles. The highest BCUT2D eigenvalue weighted by Gasteiger charge is 2.26. The molecule has 1 aromatic carbocycles. The van der Waals surface area contributed by atoms with E-state index in [2.05, 4.69) is 5.32 Å². The summed E-state index contributed by atoms with van der Waals surface area (Å²) in [5.74, 6) is -0.980. The number of benzene rings is 1. The molecule has 1 amide bonds. The van der Waals surface area contributed by atoms with Crippen molar-refractivity contribution in [3.8, 4) is 12.1 Å². The second-order valence-corrected chi connectivity index (χ2v) is 2.82. The van der Waals surface area contributed by atoms with Crippen LogP contribution in [0.25, 0.3) is 0 Å². The lowest BCUT2D eigenvalue weighted by Crippen LogP contribution is -2.12. The third-order valence-electron chi connectivity index (χ3n) is 1.78. The van der Waals surface area contributed by atoms with Gasteiger partial charge in [-0.15, -0.1) is 0 Å². The summed E-state index contributed by atoms with van der Waals surface area (Å²) in [5.41, 5.74) is 1.08. The van der Waals surface area contributed by atoms with Crippen molar-refractivity contribution in [2.75, 3.05) is 5.32 Å². The van der Waals surface area contributed by atoms with E-state index in [0.29, 0.717) is 11.3 Å². The maximum Gasteiger partial charge on any atom is 0.296 e. The summed E-state index contributed by atoms with van der Waals surface area (Å²) in [4.78, 5) is 21.8. The summed E-state index contributed by atoms with van der Waals surface area (Å²) in [6, 6.07) is 10.2. The summed E-state index contributed by atoms with van der Waals surface area (Å²) < 4.78 is 0. The van der Waals surface area contributed by atoms with Gasteiger partial charge in [-0.3, -0.25) is 9.59 Å². The van der Waals surface area contributed by atoms with Crippen LogP contribution < -0.4 is 5.32 Å². The van der Waals surface area contributed by atoms with E-state index in [1.165, 1.54) is 0 Å². The third kappa shape index (κ3) is 2.43. The Kier molecular flexibility index (Phi) is 3.77. The number of anilines is 1. The molecule has 1 aliphatic heterocycles. The number of nitrogens with one attached hydrogen (secondary N) is 1. The molecule has 0 bridgehead atoms. The SMILES string of the molecule is N#CCC#N.O=C1Nc2ccccc2C1=O. The predicted octanol–water partition coefficient (Wildman–Crippen LogP) is 1.25. The molecule has 1 N–H and O–H groups in total. The molecule has 78 valence electrons. The van der Waals surface area contributed by atoms with Crippen LogP contribution in [-0.2, 0) is 4.79 Å². The van der Waals surface area contributed by atoms with Crippen LogP contribution in [0.3, 0.4) is 0 Å². The smallest absolute Gasteiger partial charge is 0.296 e. The van der Waals surface area contributed by atoms with Gasteiger partial charge in [0, 0.05) is 0 Å². The minimum atomic E-state index is -0.536. The fourth-order valence-electron chi connectivity index (χ4n) is 1.13. The summed E-state index contributed by atoms with van der Waals surface area (Å²) in [6.07, 6.45) is 0. The Bertz CT molecular complexity index is 497. The van der Waals surface area contributed by atoms with E-state index in [-0.39, 0.29) is 6.42 Å². The molecule has 16 heavy (non-hydrogen) atoms. The molecule has 0 saturated carbocycles. The van der Waals surface area contributed by atoms with Crippen molar-refractivity contribution in [1.82, 2.24) is 0 Å². The number of Topliss-reactive ketones (excluding diaryl/α,β-unsaturated/α-hetero) is 1. The van der Waals surface area contributed by atoms with E-state index < -0.39 is 11.7 Å². The molecule has 0 radical (unpaired) electrons. The molecule has 0 spiro atoms. The van der Waals surface area contributed by atoms with Crippen molar-refractivity contribution in [1.29, 1.82) is 10.5 Å². The molecular formula is C11H7N3O2. The van der Waals surface area contributed by atoms with Crippen LogP contribution in [-0.4, -0.2) is 11.7 Å². The number of ketones is 1. The van der Waals surface area contributed by atoms with Gasteiger partial charge in [-0.1, -0.05) is 12.1 Å². The zero-order valence-electron chi connectivity index (χ0n) is 8.23. The Labute approximate surface area is 91.9 Å². The van der Waals surface area contributed by atoms with Gasteiger partial charge in [0.2, 0.25) is 0 Å². The average molecular weight is 213 g/mol. The van der Waals surface area contributed by atoms with Crippen LogP contribution in [0.1, 0.15) is 16.8 Å². The molecule has 0 saturated heterocycles. The second-order valence-electron chi connectivity index (χ2n) is 2.82. The molecule has 0 aromatic heterocycles. The monoisotopic (exact) mass is 213 g/mol. The van der Waals surface area contributed by atoms with Crippen LogP contribution in [0.15, 0.2) is 24.3 Å². The Hall–Kier alpha value is -2.66. The third-order valence-corrected chi connectivity index (χ3v) is 1.78. The van der Waals surface area contributed by atoms with Gasteiger partial charge < -0.3 is 5.32 Å². The van der Waals surface area contributed by atoms with Crippen LogP contribution in [0.2, 0.25) is 0 Å². The summed E-state index contributed by atoms with van der Waals surface area (Å²) in [6.45, 7) is 0. The van der Waals surface area contributed by atoms with Gasteiger partial charge in [0.1, 0.15) is 6.42 Å². The quantitative estimate of drug-likeness (QED) is 0.656. The number of hydrogen-bond acceptors (Lipinski definition) is 4. The van der Waals surface area contributed by atoms with Gasteiger partial charge in [0.05, 0.1) is 23.4 Å². The van der Waals surface area contributed by atoms with Crippen molar-refractivity contribution in [3.05, 3.63) is 29.8 Å². The molecule has 0 fully saturated rings. The molecule has 5 heteroatoms. The van der Waals surface area contributed by atoms with E-state index in [9.17, 15) is 9.59 Å². The number of nitrogens with zero attached hydrogens (tertiary/aromatic N) is 2. The number of rotatable bonds is 0. The zero-order valence-corrected chi connectivity index (χ0v) is 8.23. The molecule has 1 aromatic rings. The molecule has 0 atom stereocenters. The number of hydrogen-bond donors (Lipinski definition) is 1. The first-order valence-electron chi connectivity index (χ1n) is 4.39. The van der Waals surface area contributed by atoms with E-state index in [0.717, 1.165) is 0 Å². The lowest BCUT2D eigenvalue weighted by atomic mass is 10.1. The number of para-hydroxylation sites is 1. The number of amides is 1. The standard InChI is InChI=1S/C8H5NO2.C3H2N2/c10-7-5-3-1-2-4-6(5)9-8(7)11;4-2-1-3-5/h1-4H,(H,9,10,11);1H2. The van der Waals surface area contributed by atoms with Crippen molar-refractivity contribution in [2.45, 2.75) is 6.42 Å². The molecule has 5 nitrogen and oxygen atoms in total. The minimum Gasteiger partial charge on any atom is -0.318 e. The van der Waals surface area contributed by atoms with Crippen LogP contribution in [0.5, 0.6) is 0 Å². The van der Waals surface area contributed by atoms with Crippen LogP contribution in [0.4, 0.5) is 5.69 Å². The summed E-state index contributed by atoms with van der Waals surface area (Å²) >= 11 is 0. The second kappa shape index (κ2) is 5.28. The van der Waals surface area contributed by atoms with E-state index >= 15 is 0 Å². The predicted molar refractivity (Wildman–Crippen MR) is 55.2 cm³/mol. The van der Waals surface area contributed by atoms with Gasteiger partial charge in [0.15, 0.2) is 0 Å².